The summed E-state index contributed by atoms with van der Waals surface area (Å²) in [6, 6.07) is 15.1. The Hall–Kier alpha value is -3.05. The summed E-state index contributed by atoms with van der Waals surface area (Å²) >= 11 is 0. The Kier molecular flexibility index (Phi) is 4.46. The van der Waals surface area contributed by atoms with E-state index in [1.807, 2.05) is 56.4 Å². The van der Waals surface area contributed by atoms with Crippen molar-refractivity contribution in [1.82, 2.24) is 4.57 Å². The number of rotatable bonds is 5. The summed E-state index contributed by atoms with van der Waals surface area (Å²) in [5.41, 5.74) is 4.54. The molecular formula is C22H21NO4. The Labute approximate surface area is 156 Å². The molecule has 2 heterocycles. The topological polar surface area (TPSA) is 53.6 Å². The number of ether oxygens (including phenoxy) is 2. The van der Waals surface area contributed by atoms with E-state index in [-0.39, 0.29) is 5.63 Å². The summed E-state index contributed by atoms with van der Waals surface area (Å²) in [7, 11) is 3.69. The molecule has 0 spiro atoms. The number of benzene rings is 2. The maximum Gasteiger partial charge on any atom is 0.336 e. The van der Waals surface area contributed by atoms with Crippen LogP contribution in [0, 0.1) is 6.92 Å². The van der Waals surface area contributed by atoms with Crippen molar-refractivity contribution in [2.45, 2.75) is 20.1 Å². The molecule has 0 atom stereocenters. The van der Waals surface area contributed by atoms with Crippen LogP contribution in [0.2, 0.25) is 0 Å². The summed E-state index contributed by atoms with van der Waals surface area (Å²) < 4.78 is 19.0. The minimum atomic E-state index is -0.353. The molecule has 0 saturated carbocycles. The van der Waals surface area contributed by atoms with E-state index in [1.165, 1.54) is 11.6 Å². The molecule has 5 heteroatoms. The van der Waals surface area contributed by atoms with Crippen molar-refractivity contribution in [3.63, 3.8) is 0 Å². The van der Waals surface area contributed by atoms with Gasteiger partial charge in [-0.2, -0.15) is 0 Å². The molecule has 4 aromatic rings. The average Bonchev–Trinajstić information content (AvgIpc) is 2.93. The van der Waals surface area contributed by atoms with Crippen molar-refractivity contribution in [2.24, 2.45) is 7.05 Å². The molecule has 5 nitrogen and oxygen atoms in total. The fraction of sp³-hybridized carbons (Fsp3) is 0.227. The second-order valence-electron chi connectivity index (χ2n) is 6.64. The van der Waals surface area contributed by atoms with Crippen molar-refractivity contribution in [3.8, 4) is 5.75 Å². The van der Waals surface area contributed by atoms with Crippen LogP contribution in [-0.2, 0) is 25.0 Å². The van der Waals surface area contributed by atoms with Crippen LogP contribution in [-0.4, -0.2) is 11.7 Å². The van der Waals surface area contributed by atoms with Crippen LogP contribution >= 0.6 is 0 Å². The van der Waals surface area contributed by atoms with Gasteiger partial charge < -0.3 is 18.5 Å². The van der Waals surface area contributed by atoms with Gasteiger partial charge in [-0.05, 0) is 37.3 Å². The first-order valence-electron chi connectivity index (χ1n) is 8.80. The molecule has 27 heavy (non-hydrogen) atoms. The fourth-order valence-electron chi connectivity index (χ4n) is 3.50. The van der Waals surface area contributed by atoms with Gasteiger partial charge in [-0.25, -0.2) is 4.79 Å². The van der Waals surface area contributed by atoms with Crippen molar-refractivity contribution in [2.75, 3.05) is 7.11 Å². The number of nitrogens with zero attached hydrogens (tertiary/aromatic N) is 1. The van der Waals surface area contributed by atoms with Crippen LogP contribution < -0.4 is 10.4 Å². The number of aryl methyl sites for hydroxylation is 2. The smallest absolute Gasteiger partial charge is 0.336 e. The lowest BCUT2D eigenvalue weighted by molar-refractivity contribution is 0.182. The third kappa shape index (κ3) is 3.11. The third-order valence-electron chi connectivity index (χ3n) is 4.88. The standard InChI is InChI=1S/C22H21NO4/c1-14-4-6-15(7-5-14)26-13-19-17(12-25-3)22-16-8-11-21(24)27-20(16)10-9-18(22)23(19)2/h4-11H,12-13H2,1-3H3. The van der Waals surface area contributed by atoms with Gasteiger partial charge in [0.05, 0.1) is 12.3 Å². The molecule has 0 aliphatic heterocycles. The molecule has 0 N–H and O–H groups in total. The summed E-state index contributed by atoms with van der Waals surface area (Å²) in [5, 5.41) is 1.93. The van der Waals surface area contributed by atoms with Gasteiger partial charge in [-0.15, -0.1) is 0 Å². The first-order chi connectivity index (χ1) is 13.1. The maximum absolute atomic E-state index is 11.6. The lowest BCUT2D eigenvalue weighted by Gasteiger charge is -2.10. The Morgan fingerprint density at radius 3 is 2.52 bits per heavy atom. The predicted octanol–water partition coefficient (Wildman–Crippen LogP) is 4.32. The van der Waals surface area contributed by atoms with Crippen molar-refractivity contribution < 1.29 is 13.9 Å². The Balaban J connectivity index is 1.84. The molecule has 0 aliphatic rings. The molecule has 138 valence electrons. The van der Waals surface area contributed by atoms with E-state index in [1.54, 1.807) is 7.11 Å². The van der Waals surface area contributed by atoms with Crippen LogP contribution in [0.3, 0.4) is 0 Å². The largest absolute Gasteiger partial charge is 0.487 e. The Morgan fingerprint density at radius 1 is 1.00 bits per heavy atom. The summed E-state index contributed by atoms with van der Waals surface area (Å²) in [4.78, 5) is 11.6. The molecule has 0 amide bonds. The van der Waals surface area contributed by atoms with Crippen LogP contribution in [0.15, 0.2) is 57.7 Å². The Bertz CT molecular complexity index is 1170. The Morgan fingerprint density at radius 2 is 1.78 bits per heavy atom. The molecule has 0 fully saturated rings. The van der Waals surface area contributed by atoms with Crippen LogP contribution in [0.1, 0.15) is 16.8 Å². The zero-order chi connectivity index (χ0) is 19.0. The minimum Gasteiger partial charge on any atom is -0.487 e. The van der Waals surface area contributed by atoms with Gasteiger partial charge in [0.25, 0.3) is 0 Å². The summed E-state index contributed by atoms with van der Waals surface area (Å²) in [6.07, 6.45) is 0. The molecule has 0 bridgehead atoms. The van der Waals surface area contributed by atoms with Crippen LogP contribution in [0.4, 0.5) is 0 Å². The number of hydrogen-bond donors (Lipinski definition) is 0. The highest BCUT2D eigenvalue weighted by Gasteiger charge is 2.18. The molecule has 0 saturated heterocycles. The van der Waals surface area contributed by atoms with E-state index < -0.39 is 0 Å². The zero-order valence-corrected chi connectivity index (χ0v) is 15.6. The van der Waals surface area contributed by atoms with E-state index in [4.69, 9.17) is 13.9 Å². The summed E-state index contributed by atoms with van der Waals surface area (Å²) in [6.45, 7) is 2.92. The molecular weight excluding hydrogens is 342 g/mol. The first kappa shape index (κ1) is 17.4. The van der Waals surface area contributed by atoms with E-state index in [0.717, 1.165) is 33.3 Å². The number of fused-ring (bicyclic) bond motifs is 3. The van der Waals surface area contributed by atoms with Gasteiger partial charge in [0.15, 0.2) is 0 Å². The SMILES string of the molecule is COCc1c(COc2ccc(C)cc2)n(C)c2ccc3oc(=O)ccc3c12. The molecule has 2 aromatic heterocycles. The van der Waals surface area contributed by atoms with Gasteiger partial charge in [0, 0.05) is 42.1 Å². The number of aromatic nitrogens is 1. The second-order valence-corrected chi connectivity index (χ2v) is 6.64. The quantitative estimate of drug-likeness (QED) is 0.496. The van der Waals surface area contributed by atoms with Crippen molar-refractivity contribution >= 4 is 21.9 Å². The highest BCUT2D eigenvalue weighted by molar-refractivity contribution is 6.07. The van der Waals surface area contributed by atoms with Crippen molar-refractivity contribution in [3.05, 3.63) is 75.8 Å². The molecule has 4 rings (SSSR count). The molecule has 0 unspecified atom stereocenters. The van der Waals surface area contributed by atoms with E-state index in [2.05, 4.69) is 4.57 Å². The van der Waals surface area contributed by atoms with Gasteiger partial charge in [-0.1, -0.05) is 17.7 Å². The van der Waals surface area contributed by atoms with E-state index in [9.17, 15) is 4.79 Å². The zero-order valence-electron chi connectivity index (χ0n) is 15.6. The monoisotopic (exact) mass is 363 g/mol. The molecule has 0 aliphatic carbocycles. The molecule has 2 aromatic carbocycles. The van der Waals surface area contributed by atoms with Gasteiger partial charge >= 0.3 is 5.63 Å². The number of methoxy groups -OCH3 is 1. The minimum absolute atomic E-state index is 0.353. The van der Waals surface area contributed by atoms with Crippen LogP contribution in [0.5, 0.6) is 5.75 Å². The van der Waals surface area contributed by atoms with Crippen molar-refractivity contribution in [1.29, 1.82) is 0 Å². The maximum atomic E-state index is 11.6. The lowest BCUT2D eigenvalue weighted by Crippen LogP contribution is -2.05. The lowest BCUT2D eigenvalue weighted by atomic mass is 10.1. The van der Waals surface area contributed by atoms with Gasteiger partial charge in [0.2, 0.25) is 0 Å². The highest BCUT2D eigenvalue weighted by atomic mass is 16.5. The highest BCUT2D eigenvalue weighted by Crippen LogP contribution is 2.33. The fourth-order valence-corrected chi connectivity index (χ4v) is 3.50. The second kappa shape index (κ2) is 6.93. The predicted molar refractivity (Wildman–Crippen MR) is 105 cm³/mol. The third-order valence-corrected chi connectivity index (χ3v) is 4.88. The van der Waals surface area contributed by atoms with E-state index in [0.29, 0.717) is 18.8 Å². The first-order valence-corrected chi connectivity index (χ1v) is 8.80. The normalized spacial score (nSPS) is 11.4. The van der Waals surface area contributed by atoms with E-state index >= 15 is 0 Å². The summed E-state index contributed by atoms with van der Waals surface area (Å²) in [5.74, 6) is 0.824. The van der Waals surface area contributed by atoms with Crippen LogP contribution in [0.25, 0.3) is 21.9 Å². The average molecular weight is 363 g/mol. The van der Waals surface area contributed by atoms with Gasteiger partial charge in [-0.3, -0.25) is 0 Å². The molecule has 0 radical (unpaired) electrons. The van der Waals surface area contributed by atoms with Gasteiger partial charge in [0.1, 0.15) is 17.9 Å². The number of hydrogen-bond acceptors (Lipinski definition) is 4.